The van der Waals surface area contributed by atoms with Gasteiger partial charge in [-0.1, -0.05) is 36.4 Å². The second kappa shape index (κ2) is 11.4. The molecule has 2 aromatic heterocycles. The van der Waals surface area contributed by atoms with Gasteiger partial charge in [0.15, 0.2) is 0 Å². The van der Waals surface area contributed by atoms with Gasteiger partial charge in [-0.3, -0.25) is 4.57 Å². The summed E-state index contributed by atoms with van der Waals surface area (Å²) in [5.74, 6) is 1.25. The standard InChI is InChI=1S/C29H30FN7O3/c1-34(2)27-32-24-6-4-5-7-25(24)35(27)17-16-31-26-33-28(38)37(19-20-8-12-22(30)13-9-20)29(39)36(26)18-21-10-14-23(40-3)15-11-21/h4-15H,16-19H2,1-3H3,(H,31,33,38). The Kier molecular flexibility index (Phi) is 7.63. The first-order chi connectivity index (χ1) is 19.3. The number of benzene rings is 3. The molecule has 2 heterocycles. The number of ether oxygens (including phenoxy) is 1. The van der Waals surface area contributed by atoms with Crippen molar-refractivity contribution in [2.45, 2.75) is 19.6 Å². The Labute approximate surface area is 229 Å². The summed E-state index contributed by atoms with van der Waals surface area (Å²) in [7, 11) is 5.45. The summed E-state index contributed by atoms with van der Waals surface area (Å²) in [6.45, 7) is 1.06. The Morgan fingerprint density at radius 3 is 2.17 bits per heavy atom. The number of hydrogen-bond acceptors (Lipinski definition) is 7. The third-order valence-corrected chi connectivity index (χ3v) is 6.56. The summed E-state index contributed by atoms with van der Waals surface area (Å²) in [6.07, 6.45) is 0. The van der Waals surface area contributed by atoms with Gasteiger partial charge in [0.2, 0.25) is 11.9 Å². The van der Waals surface area contributed by atoms with Gasteiger partial charge in [-0.2, -0.15) is 4.98 Å². The fourth-order valence-electron chi connectivity index (χ4n) is 4.53. The minimum absolute atomic E-state index is 0.0267. The van der Waals surface area contributed by atoms with Crippen LogP contribution in [0.15, 0.2) is 82.4 Å². The summed E-state index contributed by atoms with van der Waals surface area (Å²) >= 11 is 0. The second-order valence-electron chi connectivity index (χ2n) is 9.52. The predicted molar refractivity (Wildman–Crippen MR) is 153 cm³/mol. The number of halogens is 1. The van der Waals surface area contributed by atoms with Crippen LogP contribution in [-0.2, 0) is 19.6 Å². The molecule has 11 heteroatoms. The molecule has 0 saturated carbocycles. The average molecular weight is 544 g/mol. The summed E-state index contributed by atoms with van der Waals surface area (Å²) in [6, 6.07) is 20.9. The number of nitrogens with zero attached hydrogens (tertiary/aromatic N) is 6. The first kappa shape index (κ1) is 26.7. The lowest BCUT2D eigenvalue weighted by Gasteiger charge is -2.18. The van der Waals surface area contributed by atoms with E-state index in [2.05, 4.69) is 14.9 Å². The normalized spacial score (nSPS) is 11.1. The quantitative estimate of drug-likeness (QED) is 0.289. The average Bonchev–Trinajstić information content (AvgIpc) is 3.33. The summed E-state index contributed by atoms with van der Waals surface area (Å²) in [5, 5.41) is 3.20. The van der Waals surface area contributed by atoms with Crippen LogP contribution in [0, 0.1) is 5.82 Å². The first-order valence-corrected chi connectivity index (χ1v) is 12.8. The molecule has 5 rings (SSSR count). The lowest BCUT2D eigenvalue weighted by atomic mass is 10.2. The van der Waals surface area contributed by atoms with Crippen molar-refractivity contribution >= 4 is 22.9 Å². The Balaban J connectivity index is 1.47. The van der Waals surface area contributed by atoms with Gasteiger partial charge in [0.05, 0.1) is 31.2 Å². The molecule has 0 atom stereocenters. The van der Waals surface area contributed by atoms with E-state index < -0.39 is 17.2 Å². The number of anilines is 2. The van der Waals surface area contributed by atoms with Crippen molar-refractivity contribution in [3.63, 3.8) is 0 Å². The molecule has 1 N–H and O–H groups in total. The number of fused-ring (bicyclic) bond motifs is 1. The monoisotopic (exact) mass is 543 g/mol. The smallest absolute Gasteiger partial charge is 0.355 e. The minimum Gasteiger partial charge on any atom is -0.497 e. The van der Waals surface area contributed by atoms with Crippen LogP contribution in [0.2, 0.25) is 0 Å². The van der Waals surface area contributed by atoms with E-state index in [1.54, 1.807) is 19.2 Å². The third kappa shape index (κ3) is 5.58. The molecule has 0 bridgehead atoms. The summed E-state index contributed by atoms with van der Waals surface area (Å²) in [4.78, 5) is 37.6. The second-order valence-corrected chi connectivity index (χ2v) is 9.52. The van der Waals surface area contributed by atoms with Crippen LogP contribution in [0.1, 0.15) is 11.1 Å². The molecule has 0 fully saturated rings. The number of hydrogen-bond donors (Lipinski definition) is 1. The van der Waals surface area contributed by atoms with Gasteiger partial charge < -0.3 is 19.5 Å². The predicted octanol–water partition coefficient (Wildman–Crippen LogP) is 3.18. The fourth-order valence-corrected chi connectivity index (χ4v) is 4.53. The molecule has 0 radical (unpaired) electrons. The van der Waals surface area contributed by atoms with Crippen LogP contribution in [-0.4, -0.2) is 51.4 Å². The number of imidazole rings is 1. The molecular formula is C29H30FN7O3. The lowest BCUT2D eigenvalue weighted by molar-refractivity contribution is 0.414. The van der Waals surface area contributed by atoms with Crippen LogP contribution in [0.25, 0.3) is 11.0 Å². The van der Waals surface area contributed by atoms with E-state index >= 15 is 0 Å². The topological polar surface area (TPSA) is 99.2 Å². The highest BCUT2D eigenvalue weighted by Crippen LogP contribution is 2.21. The van der Waals surface area contributed by atoms with Gasteiger partial charge in [-0.05, 0) is 47.5 Å². The number of methoxy groups -OCH3 is 1. The lowest BCUT2D eigenvalue weighted by Crippen LogP contribution is -2.43. The van der Waals surface area contributed by atoms with E-state index in [1.807, 2.05) is 67.5 Å². The number of rotatable bonds is 10. The van der Waals surface area contributed by atoms with E-state index in [0.29, 0.717) is 24.4 Å². The molecule has 0 spiro atoms. The van der Waals surface area contributed by atoms with Crippen molar-refractivity contribution in [2.24, 2.45) is 0 Å². The maximum Gasteiger partial charge on any atom is 0.355 e. The van der Waals surface area contributed by atoms with E-state index in [4.69, 9.17) is 9.72 Å². The first-order valence-electron chi connectivity index (χ1n) is 12.8. The van der Waals surface area contributed by atoms with Gasteiger partial charge in [-0.25, -0.2) is 23.5 Å². The highest BCUT2D eigenvalue weighted by atomic mass is 19.1. The molecule has 10 nitrogen and oxygen atoms in total. The maximum absolute atomic E-state index is 13.6. The Morgan fingerprint density at radius 2 is 1.50 bits per heavy atom. The van der Waals surface area contributed by atoms with Gasteiger partial charge >= 0.3 is 11.4 Å². The van der Waals surface area contributed by atoms with Crippen molar-refractivity contribution < 1.29 is 9.13 Å². The van der Waals surface area contributed by atoms with Crippen LogP contribution in [0.3, 0.4) is 0 Å². The number of nitrogens with one attached hydrogen (secondary N) is 1. The molecule has 0 saturated heterocycles. The van der Waals surface area contributed by atoms with Crippen LogP contribution in [0.5, 0.6) is 5.75 Å². The Bertz CT molecular complexity index is 1740. The molecule has 0 aliphatic rings. The van der Waals surface area contributed by atoms with Gasteiger partial charge in [-0.15, -0.1) is 0 Å². The third-order valence-electron chi connectivity index (χ3n) is 6.56. The zero-order valence-electron chi connectivity index (χ0n) is 22.5. The molecule has 0 unspecified atom stereocenters. The summed E-state index contributed by atoms with van der Waals surface area (Å²) in [5.41, 5.74) is 2.09. The van der Waals surface area contributed by atoms with Crippen molar-refractivity contribution in [3.05, 3.63) is 111 Å². The zero-order chi connectivity index (χ0) is 28.2. The maximum atomic E-state index is 13.6. The molecule has 0 aliphatic carbocycles. The molecule has 5 aromatic rings. The van der Waals surface area contributed by atoms with E-state index in [1.165, 1.54) is 16.7 Å². The number of para-hydroxylation sites is 2. The molecule has 0 aliphatic heterocycles. The highest BCUT2D eigenvalue weighted by Gasteiger charge is 2.16. The Morgan fingerprint density at radius 1 is 0.850 bits per heavy atom. The van der Waals surface area contributed by atoms with Crippen molar-refractivity contribution in [2.75, 3.05) is 38.0 Å². The highest BCUT2D eigenvalue weighted by molar-refractivity contribution is 5.78. The molecule has 206 valence electrons. The van der Waals surface area contributed by atoms with E-state index in [-0.39, 0.29) is 19.0 Å². The van der Waals surface area contributed by atoms with Gasteiger partial charge in [0.25, 0.3) is 0 Å². The molecule has 0 amide bonds. The van der Waals surface area contributed by atoms with Crippen molar-refractivity contribution in [1.82, 2.24) is 23.7 Å². The number of aromatic nitrogens is 5. The van der Waals surface area contributed by atoms with Crippen molar-refractivity contribution in [3.8, 4) is 5.75 Å². The SMILES string of the molecule is COc1ccc(Cn2c(NCCn3c(N(C)C)nc4ccccc43)nc(=O)n(Cc3ccc(F)cc3)c2=O)cc1. The van der Waals surface area contributed by atoms with Gasteiger partial charge in [0.1, 0.15) is 11.6 Å². The fraction of sp³-hybridized carbons (Fsp3) is 0.241. The van der Waals surface area contributed by atoms with Crippen LogP contribution < -0.4 is 26.3 Å². The van der Waals surface area contributed by atoms with E-state index in [9.17, 15) is 14.0 Å². The molecule has 3 aromatic carbocycles. The Hall–Kier alpha value is -4.93. The van der Waals surface area contributed by atoms with Crippen LogP contribution in [0.4, 0.5) is 16.3 Å². The zero-order valence-corrected chi connectivity index (χ0v) is 22.5. The molecule has 40 heavy (non-hydrogen) atoms. The van der Waals surface area contributed by atoms with E-state index in [0.717, 1.165) is 27.1 Å². The van der Waals surface area contributed by atoms with Crippen LogP contribution >= 0.6 is 0 Å². The molecular weight excluding hydrogens is 513 g/mol. The largest absolute Gasteiger partial charge is 0.497 e. The summed E-state index contributed by atoms with van der Waals surface area (Å²) < 4.78 is 23.2. The van der Waals surface area contributed by atoms with Gasteiger partial charge in [0, 0.05) is 27.2 Å². The van der Waals surface area contributed by atoms with Crippen molar-refractivity contribution in [1.29, 1.82) is 0 Å². The minimum atomic E-state index is -0.690.